The van der Waals surface area contributed by atoms with Crippen LogP contribution in [0, 0.1) is 6.92 Å². The Balaban J connectivity index is 2.31. The number of aromatic nitrogens is 3. The van der Waals surface area contributed by atoms with E-state index in [4.69, 9.17) is 5.73 Å². The van der Waals surface area contributed by atoms with Gasteiger partial charge >= 0.3 is 0 Å². The second kappa shape index (κ2) is 3.59. The van der Waals surface area contributed by atoms with Crippen molar-refractivity contribution in [1.29, 1.82) is 0 Å². The Bertz CT molecular complexity index is 685. The summed E-state index contributed by atoms with van der Waals surface area (Å²) in [6.07, 6.45) is 1.95. The van der Waals surface area contributed by atoms with Gasteiger partial charge in [0, 0.05) is 17.4 Å². The van der Waals surface area contributed by atoms with Crippen LogP contribution in [0.25, 0.3) is 17.0 Å². The molecule has 17 heavy (non-hydrogen) atoms. The highest BCUT2D eigenvalue weighted by molar-refractivity contribution is 5.67. The van der Waals surface area contributed by atoms with Gasteiger partial charge < -0.3 is 5.73 Å². The molecule has 0 aliphatic heterocycles. The van der Waals surface area contributed by atoms with E-state index in [1.54, 1.807) is 0 Å². The van der Waals surface area contributed by atoms with Crippen molar-refractivity contribution in [2.45, 2.75) is 6.92 Å². The molecule has 0 bridgehead atoms. The van der Waals surface area contributed by atoms with Crippen molar-refractivity contribution in [3.63, 3.8) is 0 Å². The third-order valence-electron chi connectivity index (χ3n) is 2.82. The Labute approximate surface area is 98.7 Å². The van der Waals surface area contributed by atoms with E-state index in [-0.39, 0.29) is 0 Å². The largest absolute Gasteiger partial charge is 0.399 e. The molecule has 2 heterocycles. The molecule has 84 valence electrons. The Morgan fingerprint density at radius 2 is 2.00 bits per heavy atom. The summed E-state index contributed by atoms with van der Waals surface area (Å²) >= 11 is 0. The minimum absolute atomic E-state index is 0.735. The van der Waals surface area contributed by atoms with Crippen molar-refractivity contribution in [3.05, 3.63) is 48.2 Å². The van der Waals surface area contributed by atoms with Crippen molar-refractivity contribution in [3.8, 4) is 11.4 Å². The van der Waals surface area contributed by atoms with Crippen molar-refractivity contribution < 1.29 is 0 Å². The molecule has 0 saturated carbocycles. The molecule has 3 rings (SSSR count). The van der Waals surface area contributed by atoms with Gasteiger partial charge in [0.05, 0.1) is 0 Å². The maximum Gasteiger partial charge on any atom is 0.168 e. The number of hydrogen-bond donors (Lipinski definition) is 1. The Morgan fingerprint density at radius 3 is 2.88 bits per heavy atom. The van der Waals surface area contributed by atoms with Crippen molar-refractivity contribution in [2.75, 3.05) is 5.73 Å². The van der Waals surface area contributed by atoms with Gasteiger partial charge in [0.15, 0.2) is 11.5 Å². The zero-order chi connectivity index (χ0) is 11.8. The lowest BCUT2D eigenvalue weighted by Crippen LogP contribution is -1.93. The summed E-state index contributed by atoms with van der Waals surface area (Å²) in [6.45, 7) is 2.04. The third kappa shape index (κ3) is 1.54. The van der Waals surface area contributed by atoms with E-state index in [2.05, 4.69) is 10.2 Å². The van der Waals surface area contributed by atoms with Crippen LogP contribution in [-0.4, -0.2) is 14.6 Å². The molecule has 2 N–H and O–H groups in total. The maximum atomic E-state index is 5.82. The number of nitrogen functional groups attached to an aromatic ring is 1. The second-order valence-corrected chi connectivity index (χ2v) is 4.03. The summed E-state index contributed by atoms with van der Waals surface area (Å²) < 4.78 is 1.96. The van der Waals surface area contributed by atoms with E-state index in [0.29, 0.717) is 0 Å². The summed E-state index contributed by atoms with van der Waals surface area (Å²) in [5.74, 6) is 0.824. The fourth-order valence-electron chi connectivity index (χ4n) is 1.91. The average molecular weight is 224 g/mol. The van der Waals surface area contributed by atoms with Gasteiger partial charge in [-0.15, -0.1) is 10.2 Å². The first-order chi connectivity index (χ1) is 8.25. The Hall–Kier alpha value is -2.36. The van der Waals surface area contributed by atoms with Crippen molar-refractivity contribution in [1.82, 2.24) is 14.6 Å². The van der Waals surface area contributed by atoms with Crippen molar-refractivity contribution >= 4 is 11.3 Å². The summed E-state index contributed by atoms with van der Waals surface area (Å²) in [7, 11) is 0. The number of pyridine rings is 1. The highest BCUT2D eigenvalue weighted by atomic mass is 15.2. The molecular formula is C13H12N4. The first-order valence-corrected chi connectivity index (χ1v) is 5.42. The summed E-state index contributed by atoms with van der Waals surface area (Å²) in [5, 5.41) is 8.36. The second-order valence-electron chi connectivity index (χ2n) is 4.03. The van der Waals surface area contributed by atoms with Crippen LogP contribution in [0.15, 0.2) is 42.6 Å². The number of nitrogens with zero attached hydrogens (tertiary/aromatic N) is 3. The molecule has 0 atom stereocenters. The van der Waals surface area contributed by atoms with E-state index in [0.717, 1.165) is 28.3 Å². The van der Waals surface area contributed by atoms with Gasteiger partial charge in [-0.25, -0.2) is 0 Å². The molecule has 4 heteroatoms. The van der Waals surface area contributed by atoms with Gasteiger partial charge in [-0.05, 0) is 36.8 Å². The van der Waals surface area contributed by atoms with E-state index in [1.807, 2.05) is 53.9 Å². The van der Waals surface area contributed by atoms with Gasteiger partial charge in [0.1, 0.15) is 0 Å². The molecule has 0 saturated heterocycles. The SMILES string of the molecule is Cc1ccc(N)cc1-c1nnc2ccccn12. The molecular weight excluding hydrogens is 212 g/mol. The zero-order valence-corrected chi connectivity index (χ0v) is 9.46. The fourth-order valence-corrected chi connectivity index (χ4v) is 1.91. The van der Waals surface area contributed by atoms with Gasteiger partial charge in [-0.3, -0.25) is 4.40 Å². The first-order valence-electron chi connectivity index (χ1n) is 5.42. The van der Waals surface area contributed by atoms with E-state index in [9.17, 15) is 0 Å². The highest BCUT2D eigenvalue weighted by Crippen LogP contribution is 2.24. The molecule has 3 aromatic rings. The lowest BCUT2D eigenvalue weighted by Gasteiger charge is -2.05. The fraction of sp³-hybridized carbons (Fsp3) is 0.0769. The number of hydrogen-bond acceptors (Lipinski definition) is 3. The van der Waals surface area contributed by atoms with Crippen LogP contribution in [0.3, 0.4) is 0 Å². The number of anilines is 1. The number of rotatable bonds is 1. The van der Waals surface area contributed by atoms with Crippen LogP contribution < -0.4 is 5.73 Å². The highest BCUT2D eigenvalue weighted by Gasteiger charge is 2.09. The summed E-state index contributed by atoms with van der Waals surface area (Å²) in [5.41, 5.74) is 9.55. The molecule has 0 radical (unpaired) electrons. The predicted molar refractivity (Wildman–Crippen MR) is 67.6 cm³/mol. The molecule has 0 aliphatic rings. The molecule has 0 fully saturated rings. The molecule has 0 aliphatic carbocycles. The Kier molecular flexibility index (Phi) is 2.08. The lowest BCUT2D eigenvalue weighted by molar-refractivity contribution is 1.11. The van der Waals surface area contributed by atoms with Gasteiger partial charge in [0.25, 0.3) is 0 Å². The standard InChI is InChI=1S/C13H12N4/c1-9-5-6-10(14)8-11(9)13-16-15-12-4-2-3-7-17(12)13/h2-8H,14H2,1H3. The summed E-state index contributed by atoms with van der Waals surface area (Å²) in [4.78, 5) is 0. The quantitative estimate of drug-likeness (QED) is 0.645. The molecule has 0 amide bonds. The van der Waals surface area contributed by atoms with Crippen molar-refractivity contribution in [2.24, 2.45) is 0 Å². The number of fused-ring (bicyclic) bond motifs is 1. The normalized spacial score (nSPS) is 10.9. The number of nitrogens with two attached hydrogens (primary N) is 1. The molecule has 0 unspecified atom stereocenters. The van der Waals surface area contributed by atoms with Gasteiger partial charge in [-0.2, -0.15) is 0 Å². The molecule has 2 aromatic heterocycles. The van der Waals surface area contributed by atoms with Crippen LogP contribution in [0.1, 0.15) is 5.56 Å². The van der Waals surface area contributed by atoms with Crippen LogP contribution in [0.5, 0.6) is 0 Å². The van der Waals surface area contributed by atoms with Crippen LogP contribution in [-0.2, 0) is 0 Å². The molecule has 0 spiro atoms. The predicted octanol–water partition coefficient (Wildman–Crippen LogP) is 2.29. The monoisotopic (exact) mass is 224 g/mol. The Morgan fingerprint density at radius 1 is 1.12 bits per heavy atom. The smallest absolute Gasteiger partial charge is 0.168 e. The minimum Gasteiger partial charge on any atom is -0.399 e. The minimum atomic E-state index is 0.735. The van der Waals surface area contributed by atoms with Crippen LogP contribution >= 0.6 is 0 Å². The first kappa shape index (κ1) is 9.84. The van der Waals surface area contributed by atoms with Crippen LogP contribution in [0.4, 0.5) is 5.69 Å². The zero-order valence-electron chi connectivity index (χ0n) is 9.46. The van der Waals surface area contributed by atoms with Gasteiger partial charge in [-0.1, -0.05) is 12.1 Å². The average Bonchev–Trinajstić information content (AvgIpc) is 2.76. The molecule has 4 nitrogen and oxygen atoms in total. The number of benzene rings is 1. The maximum absolute atomic E-state index is 5.82. The summed E-state index contributed by atoms with van der Waals surface area (Å²) in [6, 6.07) is 11.6. The van der Waals surface area contributed by atoms with Gasteiger partial charge in [0.2, 0.25) is 0 Å². The topological polar surface area (TPSA) is 56.2 Å². The lowest BCUT2D eigenvalue weighted by atomic mass is 10.1. The van der Waals surface area contributed by atoms with Crippen LogP contribution in [0.2, 0.25) is 0 Å². The molecule has 1 aromatic carbocycles. The number of aryl methyl sites for hydroxylation is 1. The van der Waals surface area contributed by atoms with E-state index < -0.39 is 0 Å². The van der Waals surface area contributed by atoms with E-state index >= 15 is 0 Å². The third-order valence-corrected chi connectivity index (χ3v) is 2.82. The van der Waals surface area contributed by atoms with E-state index in [1.165, 1.54) is 0 Å².